The maximum absolute atomic E-state index is 12.7. The van der Waals surface area contributed by atoms with E-state index >= 15 is 0 Å². The third kappa shape index (κ3) is 2.36. The van der Waals surface area contributed by atoms with Gasteiger partial charge in [-0.2, -0.15) is 0 Å². The third-order valence-electron chi connectivity index (χ3n) is 6.22. The molecule has 1 aromatic heterocycles. The Morgan fingerprint density at radius 1 is 1.04 bits per heavy atom. The quantitative estimate of drug-likeness (QED) is 0.928. The van der Waals surface area contributed by atoms with Gasteiger partial charge in [-0.25, -0.2) is 0 Å². The molecule has 4 bridgehead atoms. The summed E-state index contributed by atoms with van der Waals surface area (Å²) in [6.07, 6.45) is 7.56. The summed E-state index contributed by atoms with van der Waals surface area (Å²) < 4.78 is 5.38. The van der Waals surface area contributed by atoms with Crippen molar-refractivity contribution in [2.75, 3.05) is 0 Å². The number of amides is 1. The van der Waals surface area contributed by atoms with Crippen LogP contribution in [0.15, 0.2) is 40.9 Å². The Hall–Kier alpha value is -2.10. The number of carbonyl (C=O) groups is 1. The topological polar surface area (TPSA) is 55.1 Å². The molecule has 1 heterocycles. The molecule has 6 rings (SSSR count). The molecule has 4 saturated carbocycles. The fourth-order valence-electron chi connectivity index (χ4n) is 5.69. The number of hydrogen-bond acceptors (Lipinski definition) is 3. The predicted molar refractivity (Wildman–Crippen MR) is 90.3 cm³/mol. The molecule has 4 nitrogen and oxygen atoms in total. The van der Waals surface area contributed by atoms with Gasteiger partial charge in [0.05, 0.1) is 0 Å². The number of nitrogens with zero attached hydrogens (tertiary/aromatic N) is 1. The van der Waals surface area contributed by atoms with Gasteiger partial charge in [0.15, 0.2) is 11.5 Å². The number of benzene rings is 1. The number of aromatic nitrogens is 1. The standard InChI is InChI=1S/C20H22N2O2/c23-19(17-9-18(24-22-17)16-4-2-1-3-5-16)21-20-10-13-6-14(11-20)8-15(7-13)12-20/h1-5,9,13-15H,6-8,10-12H2,(H,21,23). The highest BCUT2D eigenvalue weighted by atomic mass is 16.5. The highest BCUT2D eigenvalue weighted by Crippen LogP contribution is 2.55. The maximum atomic E-state index is 12.7. The molecule has 4 heteroatoms. The zero-order valence-corrected chi connectivity index (χ0v) is 13.7. The van der Waals surface area contributed by atoms with Crippen LogP contribution in [0.4, 0.5) is 0 Å². The Bertz CT molecular complexity index is 730. The summed E-state index contributed by atoms with van der Waals surface area (Å²) in [7, 11) is 0. The van der Waals surface area contributed by atoms with Crippen LogP contribution >= 0.6 is 0 Å². The lowest BCUT2D eigenvalue weighted by Gasteiger charge is -2.56. The summed E-state index contributed by atoms with van der Waals surface area (Å²) in [5, 5.41) is 7.35. The van der Waals surface area contributed by atoms with Crippen LogP contribution < -0.4 is 5.32 Å². The number of nitrogens with one attached hydrogen (secondary N) is 1. The van der Waals surface area contributed by atoms with Crippen LogP contribution in [0.3, 0.4) is 0 Å². The average molecular weight is 322 g/mol. The van der Waals surface area contributed by atoms with E-state index in [4.69, 9.17) is 4.52 Å². The minimum Gasteiger partial charge on any atom is -0.355 e. The molecule has 2 aromatic rings. The van der Waals surface area contributed by atoms with Crippen LogP contribution in [-0.4, -0.2) is 16.6 Å². The van der Waals surface area contributed by atoms with Gasteiger partial charge < -0.3 is 9.84 Å². The minimum absolute atomic E-state index is 0.0116. The van der Waals surface area contributed by atoms with Crippen LogP contribution in [0.5, 0.6) is 0 Å². The van der Waals surface area contributed by atoms with Gasteiger partial charge in [-0.1, -0.05) is 35.5 Å². The first kappa shape index (κ1) is 14.3. The third-order valence-corrected chi connectivity index (χ3v) is 6.22. The van der Waals surface area contributed by atoms with Crippen molar-refractivity contribution in [2.24, 2.45) is 17.8 Å². The minimum atomic E-state index is -0.0807. The van der Waals surface area contributed by atoms with Gasteiger partial charge in [-0.3, -0.25) is 4.79 Å². The molecular formula is C20H22N2O2. The Balaban J connectivity index is 1.35. The highest BCUT2D eigenvalue weighted by molar-refractivity contribution is 5.93. The Labute approximate surface area is 141 Å². The first-order valence-corrected chi connectivity index (χ1v) is 9.04. The predicted octanol–water partition coefficient (Wildman–Crippen LogP) is 4.04. The summed E-state index contributed by atoms with van der Waals surface area (Å²) in [6.45, 7) is 0. The molecule has 4 aliphatic carbocycles. The molecule has 0 atom stereocenters. The molecule has 124 valence electrons. The van der Waals surface area contributed by atoms with Crippen LogP contribution in [-0.2, 0) is 0 Å². The summed E-state index contributed by atoms with van der Waals surface area (Å²) in [6, 6.07) is 11.5. The van der Waals surface area contributed by atoms with Crippen molar-refractivity contribution in [3.8, 4) is 11.3 Å². The fraction of sp³-hybridized carbons (Fsp3) is 0.500. The number of rotatable bonds is 3. The SMILES string of the molecule is O=C(NC12CC3CC(CC(C3)C1)C2)c1cc(-c2ccccc2)on1. The van der Waals surface area contributed by atoms with E-state index in [0.717, 1.165) is 42.6 Å². The van der Waals surface area contributed by atoms with Crippen molar-refractivity contribution in [1.82, 2.24) is 10.5 Å². The molecule has 1 N–H and O–H groups in total. The highest BCUT2D eigenvalue weighted by Gasteiger charge is 2.51. The van der Waals surface area contributed by atoms with E-state index in [2.05, 4.69) is 10.5 Å². The molecule has 1 aromatic carbocycles. The monoisotopic (exact) mass is 322 g/mol. The van der Waals surface area contributed by atoms with Crippen molar-refractivity contribution in [2.45, 2.75) is 44.1 Å². The van der Waals surface area contributed by atoms with E-state index in [9.17, 15) is 4.79 Å². The van der Waals surface area contributed by atoms with Gasteiger partial charge in [-0.05, 0) is 56.3 Å². The molecule has 24 heavy (non-hydrogen) atoms. The van der Waals surface area contributed by atoms with Crippen LogP contribution in [0.2, 0.25) is 0 Å². The van der Waals surface area contributed by atoms with E-state index in [1.165, 1.54) is 19.3 Å². The van der Waals surface area contributed by atoms with Gasteiger partial charge in [0.1, 0.15) is 0 Å². The van der Waals surface area contributed by atoms with Crippen LogP contribution in [0, 0.1) is 17.8 Å². The molecular weight excluding hydrogens is 300 g/mol. The summed E-state index contributed by atoms with van der Waals surface area (Å²) in [5.74, 6) is 3.00. The van der Waals surface area contributed by atoms with E-state index in [1.54, 1.807) is 6.07 Å². The van der Waals surface area contributed by atoms with Gasteiger partial charge in [0, 0.05) is 17.2 Å². The Morgan fingerprint density at radius 2 is 1.67 bits per heavy atom. The van der Waals surface area contributed by atoms with E-state index in [1.807, 2.05) is 30.3 Å². The maximum Gasteiger partial charge on any atom is 0.273 e. The van der Waals surface area contributed by atoms with Gasteiger partial charge in [0.2, 0.25) is 0 Å². The van der Waals surface area contributed by atoms with Crippen LogP contribution in [0.25, 0.3) is 11.3 Å². The van der Waals surface area contributed by atoms with Crippen molar-refractivity contribution < 1.29 is 9.32 Å². The summed E-state index contributed by atoms with van der Waals surface area (Å²) in [4.78, 5) is 12.7. The lowest BCUT2D eigenvalue weighted by Crippen LogP contribution is -2.59. The molecule has 0 spiro atoms. The lowest BCUT2D eigenvalue weighted by molar-refractivity contribution is -0.0168. The second-order valence-electron chi connectivity index (χ2n) is 8.09. The van der Waals surface area contributed by atoms with Gasteiger partial charge in [0.25, 0.3) is 5.91 Å². The second-order valence-corrected chi connectivity index (χ2v) is 8.09. The first-order valence-electron chi connectivity index (χ1n) is 9.04. The van der Waals surface area contributed by atoms with Gasteiger partial charge >= 0.3 is 0 Å². The number of hydrogen-bond donors (Lipinski definition) is 1. The Morgan fingerprint density at radius 3 is 2.29 bits per heavy atom. The summed E-state index contributed by atoms with van der Waals surface area (Å²) in [5.41, 5.74) is 1.35. The smallest absolute Gasteiger partial charge is 0.273 e. The largest absolute Gasteiger partial charge is 0.355 e. The Kier molecular flexibility index (Phi) is 3.09. The lowest BCUT2D eigenvalue weighted by atomic mass is 9.53. The van der Waals surface area contributed by atoms with E-state index in [-0.39, 0.29) is 11.4 Å². The molecule has 0 saturated heterocycles. The van der Waals surface area contributed by atoms with Crippen molar-refractivity contribution >= 4 is 5.91 Å². The normalized spacial score (nSPS) is 33.6. The first-order chi connectivity index (χ1) is 11.7. The molecule has 0 radical (unpaired) electrons. The molecule has 0 unspecified atom stereocenters. The zero-order valence-electron chi connectivity index (χ0n) is 13.7. The molecule has 4 fully saturated rings. The van der Waals surface area contributed by atoms with E-state index < -0.39 is 0 Å². The van der Waals surface area contributed by atoms with E-state index in [0.29, 0.717) is 11.5 Å². The van der Waals surface area contributed by atoms with Crippen molar-refractivity contribution in [1.29, 1.82) is 0 Å². The molecule has 0 aliphatic heterocycles. The fourth-order valence-corrected chi connectivity index (χ4v) is 5.69. The second kappa shape index (κ2) is 5.20. The molecule has 4 aliphatic rings. The molecule has 1 amide bonds. The van der Waals surface area contributed by atoms with Gasteiger partial charge in [-0.15, -0.1) is 0 Å². The average Bonchev–Trinajstić information content (AvgIpc) is 3.04. The van der Waals surface area contributed by atoms with Crippen LogP contribution in [0.1, 0.15) is 49.0 Å². The van der Waals surface area contributed by atoms with Crippen molar-refractivity contribution in [3.05, 3.63) is 42.1 Å². The zero-order chi connectivity index (χ0) is 16.1. The summed E-state index contributed by atoms with van der Waals surface area (Å²) >= 11 is 0. The van der Waals surface area contributed by atoms with Crippen molar-refractivity contribution in [3.63, 3.8) is 0 Å². The number of carbonyl (C=O) groups excluding carboxylic acids is 1.